The maximum atomic E-state index is 12.3. The largest absolute Gasteiger partial charge is 0.482 e. The highest BCUT2D eigenvalue weighted by molar-refractivity contribution is 9.10. The van der Waals surface area contributed by atoms with E-state index in [0.29, 0.717) is 17.1 Å². The number of rotatable bonds is 4. The summed E-state index contributed by atoms with van der Waals surface area (Å²) in [5.74, 6) is -0.367. The number of Topliss-reactive ketones (excluding diaryl/α,β-unsaturated/α-hetero) is 1. The number of halogens is 1. The van der Waals surface area contributed by atoms with Gasteiger partial charge in [-0.15, -0.1) is 0 Å². The van der Waals surface area contributed by atoms with Crippen LogP contribution < -0.4 is 9.47 Å². The third-order valence-electron chi connectivity index (χ3n) is 3.17. The van der Waals surface area contributed by atoms with Gasteiger partial charge in [-0.05, 0) is 35.9 Å². The molecule has 3 rings (SSSR count). The molecule has 2 aromatic carbocycles. The van der Waals surface area contributed by atoms with Gasteiger partial charge in [-0.25, -0.2) is 4.79 Å². The van der Waals surface area contributed by atoms with E-state index in [-0.39, 0.29) is 11.5 Å². The van der Waals surface area contributed by atoms with Crippen LogP contribution in [0.3, 0.4) is 0 Å². The van der Waals surface area contributed by atoms with Crippen LogP contribution in [0.1, 0.15) is 15.9 Å². The maximum absolute atomic E-state index is 12.3. The molecule has 2 aromatic rings. The number of ketones is 1. The summed E-state index contributed by atoms with van der Waals surface area (Å²) in [6, 6.07) is 12.1. The van der Waals surface area contributed by atoms with E-state index in [1.54, 1.807) is 18.2 Å². The van der Waals surface area contributed by atoms with Crippen LogP contribution >= 0.6 is 15.9 Å². The van der Waals surface area contributed by atoms with Crippen LogP contribution in [0.15, 0.2) is 52.7 Å². The Morgan fingerprint density at radius 2 is 1.96 bits per heavy atom. The molecule has 0 bridgehead atoms. The second-order valence-corrected chi connectivity index (χ2v) is 5.75. The summed E-state index contributed by atoms with van der Waals surface area (Å²) in [4.78, 5) is 22.8. The summed E-state index contributed by atoms with van der Waals surface area (Å²) in [5, 5.41) is 8.61. The molecule has 116 valence electrons. The maximum Gasteiger partial charge on any atom is 0.341 e. The van der Waals surface area contributed by atoms with Crippen LogP contribution in [0.2, 0.25) is 0 Å². The van der Waals surface area contributed by atoms with Crippen molar-refractivity contribution in [2.45, 2.75) is 0 Å². The predicted molar refractivity (Wildman–Crippen MR) is 86.7 cm³/mol. The van der Waals surface area contributed by atoms with Crippen molar-refractivity contribution >= 4 is 33.8 Å². The van der Waals surface area contributed by atoms with Crippen molar-refractivity contribution in [3.63, 3.8) is 0 Å². The Morgan fingerprint density at radius 1 is 1.22 bits per heavy atom. The molecule has 0 saturated heterocycles. The van der Waals surface area contributed by atoms with Gasteiger partial charge in [0.15, 0.2) is 12.4 Å². The summed E-state index contributed by atoms with van der Waals surface area (Å²) < 4.78 is 11.6. The number of hydrogen-bond donors (Lipinski definition) is 1. The number of fused-ring (bicyclic) bond motifs is 1. The highest BCUT2D eigenvalue weighted by Gasteiger charge is 2.27. The van der Waals surface area contributed by atoms with E-state index in [4.69, 9.17) is 14.6 Å². The Kier molecular flexibility index (Phi) is 4.16. The van der Waals surface area contributed by atoms with E-state index in [0.717, 1.165) is 10.0 Å². The molecule has 0 unspecified atom stereocenters. The third-order valence-corrected chi connectivity index (χ3v) is 3.70. The fourth-order valence-corrected chi connectivity index (χ4v) is 2.38. The van der Waals surface area contributed by atoms with Crippen molar-refractivity contribution in [3.05, 3.63) is 63.8 Å². The molecule has 1 N–H and O–H groups in total. The molecule has 6 heteroatoms. The lowest BCUT2D eigenvalue weighted by Crippen LogP contribution is -2.09. The van der Waals surface area contributed by atoms with Crippen molar-refractivity contribution < 1.29 is 24.2 Å². The molecule has 0 spiro atoms. The summed E-state index contributed by atoms with van der Waals surface area (Å²) in [6.45, 7) is -0.450. The number of aliphatic carboxylic acids is 1. The van der Waals surface area contributed by atoms with E-state index in [2.05, 4.69) is 15.9 Å². The normalized spacial score (nSPS) is 14.5. The number of carboxylic acid groups (broad SMARTS) is 1. The SMILES string of the molecule is O=C(O)COc1ccc2c(c1)OC(=Cc1ccc(Br)cc1)C2=O. The van der Waals surface area contributed by atoms with Gasteiger partial charge in [0.2, 0.25) is 5.78 Å². The van der Waals surface area contributed by atoms with E-state index in [9.17, 15) is 9.59 Å². The fourth-order valence-electron chi connectivity index (χ4n) is 2.11. The number of carboxylic acids is 1. The molecule has 1 heterocycles. The smallest absolute Gasteiger partial charge is 0.341 e. The van der Waals surface area contributed by atoms with Gasteiger partial charge >= 0.3 is 5.97 Å². The molecule has 1 aliphatic heterocycles. The Balaban J connectivity index is 1.83. The quantitative estimate of drug-likeness (QED) is 0.828. The van der Waals surface area contributed by atoms with Crippen molar-refractivity contribution in [2.75, 3.05) is 6.61 Å². The van der Waals surface area contributed by atoms with Gasteiger partial charge < -0.3 is 14.6 Å². The molecule has 0 amide bonds. The van der Waals surface area contributed by atoms with Crippen LogP contribution in [0.5, 0.6) is 11.5 Å². The molecule has 0 radical (unpaired) electrons. The second kappa shape index (κ2) is 6.26. The zero-order valence-corrected chi connectivity index (χ0v) is 13.4. The molecule has 1 aliphatic rings. The van der Waals surface area contributed by atoms with E-state index in [1.807, 2.05) is 24.3 Å². The molecular weight excluding hydrogens is 364 g/mol. The van der Waals surface area contributed by atoms with Gasteiger partial charge in [0.05, 0.1) is 5.56 Å². The standard InChI is InChI=1S/C17H11BrO5/c18-11-3-1-10(2-4-11)7-15-17(21)13-6-5-12(8-14(13)23-15)22-9-16(19)20/h1-8H,9H2,(H,19,20). The monoisotopic (exact) mass is 374 g/mol. The van der Waals surface area contributed by atoms with Gasteiger partial charge in [0.25, 0.3) is 0 Å². The van der Waals surface area contributed by atoms with Crippen molar-refractivity contribution in [2.24, 2.45) is 0 Å². The molecule has 0 aromatic heterocycles. The summed E-state index contributed by atoms with van der Waals surface area (Å²) >= 11 is 3.35. The number of hydrogen-bond acceptors (Lipinski definition) is 4. The van der Waals surface area contributed by atoms with Crippen molar-refractivity contribution in [3.8, 4) is 11.5 Å². The molecular formula is C17H11BrO5. The summed E-state index contributed by atoms with van der Waals surface area (Å²) in [7, 11) is 0. The first-order valence-corrected chi connectivity index (χ1v) is 7.51. The zero-order chi connectivity index (χ0) is 16.4. The Morgan fingerprint density at radius 3 is 2.65 bits per heavy atom. The first kappa shape index (κ1) is 15.3. The topological polar surface area (TPSA) is 72.8 Å². The van der Waals surface area contributed by atoms with Gasteiger partial charge in [0, 0.05) is 10.5 Å². The van der Waals surface area contributed by atoms with E-state index < -0.39 is 12.6 Å². The lowest BCUT2D eigenvalue weighted by molar-refractivity contribution is -0.139. The summed E-state index contributed by atoms with van der Waals surface area (Å²) in [5.41, 5.74) is 1.27. The van der Waals surface area contributed by atoms with Crippen molar-refractivity contribution in [1.82, 2.24) is 0 Å². The molecule has 0 saturated carbocycles. The average molecular weight is 375 g/mol. The first-order valence-electron chi connectivity index (χ1n) is 6.71. The van der Waals surface area contributed by atoms with Gasteiger partial charge in [-0.1, -0.05) is 28.1 Å². The number of allylic oxidation sites excluding steroid dienone is 1. The minimum absolute atomic E-state index is 0.215. The first-order chi connectivity index (χ1) is 11.0. The van der Waals surface area contributed by atoms with Crippen LogP contribution in [0.25, 0.3) is 6.08 Å². The number of carbonyl (C=O) groups excluding carboxylic acids is 1. The Labute approximate surface area is 140 Å². The highest BCUT2D eigenvalue weighted by atomic mass is 79.9. The number of carbonyl (C=O) groups is 2. The number of benzene rings is 2. The molecule has 0 atom stereocenters. The Hall–Kier alpha value is -2.60. The molecule has 5 nitrogen and oxygen atoms in total. The fraction of sp³-hybridized carbons (Fsp3) is 0.0588. The van der Waals surface area contributed by atoms with Crippen LogP contribution in [-0.4, -0.2) is 23.5 Å². The van der Waals surface area contributed by atoms with Crippen LogP contribution in [0, 0.1) is 0 Å². The summed E-state index contributed by atoms with van der Waals surface area (Å²) in [6.07, 6.45) is 1.66. The predicted octanol–water partition coefficient (Wildman–Crippen LogP) is 3.53. The lowest BCUT2D eigenvalue weighted by Gasteiger charge is -2.04. The van der Waals surface area contributed by atoms with Gasteiger partial charge in [-0.2, -0.15) is 0 Å². The molecule has 0 aliphatic carbocycles. The second-order valence-electron chi connectivity index (χ2n) is 4.83. The zero-order valence-electron chi connectivity index (χ0n) is 11.8. The van der Waals surface area contributed by atoms with E-state index >= 15 is 0 Å². The molecule has 0 fully saturated rings. The van der Waals surface area contributed by atoms with Crippen LogP contribution in [0.4, 0.5) is 0 Å². The molecule has 23 heavy (non-hydrogen) atoms. The van der Waals surface area contributed by atoms with Gasteiger partial charge in [0.1, 0.15) is 11.5 Å². The minimum Gasteiger partial charge on any atom is -0.482 e. The Bertz CT molecular complexity index is 808. The van der Waals surface area contributed by atoms with E-state index in [1.165, 1.54) is 6.07 Å². The highest BCUT2D eigenvalue weighted by Crippen LogP contribution is 2.34. The number of ether oxygens (including phenoxy) is 2. The van der Waals surface area contributed by atoms with Gasteiger partial charge in [-0.3, -0.25) is 4.79 Å². The average Bonchev–Trinajstić information content (AvgIpc) is 2.83. The van der Waals surface area contributed by atoms with Crippen molar-refractivity contribution in [1.29, 1.82) is 0 Å². The lowest BCUT2D eigenvalue weighted by atomic mass is 10.1. The van der Waals surface area contributed by atoms with Crippen LogP contribution in [-0.2, 0) is 4.79 Å². The third kappa shape index (κ3) is 3.43. The minimum atomic E-state index is -1.07.